The van der Waals surface area contributed by atoms with E-state index in [1.807, 2.05) is 18.2 Å². The van der Waals surface area contributed by atoms with E-state index >= 15 is 0 Å². The Morgan fingerprint density at radius 1 is 1.14 bits per heavy atom. The van der Waals surface area contributed by atoms with E-state index in [4.69, 9.17) is 10.5 Å². The molecule has 0 fully saturated rings. The fourth-order valence-electron chi connectivity index (χ4n) is 2.25. The van der Waals surface area contributed by atoms with E-state index in [9.17, 15) is 0 Å². The van der Waals surface area contributed by atoms with Crippen LogP contribution in [-0.4, -0.2) is 13.2 Å². The number of nitrogens with one attached hydrogen (secondary N) is 1. The van der Waals surface area contributed by atoms with Crippen LogP contribution in [0.3, 0.4) is 0 Å². The van der Waals surface area contributed by atoms with Crippen LogP contribution in [0.15, 0.2) is 42.5 Å². The minimum Gasteiger partial charge on any atom is -0.491 e. The molecule has 0 amide bonds. The first-order valence-corrected chi connectivity index (χ1v) is 7.51. The molecular formula is C18H24N2O. The van der Waals surface area contributed by atoms with Crippen molar-refractivity contribution in [2.75, 3.05) is 24.2 Å². The van der Waals surface area contributed by atoms with Gasteiger partial charge in [0.1, 0.15) is 5.75 Å². The Balaban J connectivity index is 1.94. The zero-order valence-electron chi connectivity index (χ0n) is 12.9. The minimum atomic E-state index is 0.690. The summed E-state index contributed by atoms with van der Waals surface area (Å²) in [6.45, 7) is 5.74. The molecule has 0 saturated carbocycles. The number of benzene rings is 2. The number of para-hydroxylation sites is 1. The molecule has 2 rings (SSSR count). The predicted molar refractivity (Wildman–Crippen MR) is 90.0 cm³/mol. The first kappa shape index (κ1) is 15.2. The van der Waals surface area contributed by atoms with Gasteiger partial charge in [0.2, 0.25) is 0 Å². The maximum atomic E-state index is 6.14. The van der Waals surface area contributed by atoms with Gasteiger partial charge in [-0.3, -0.25) is 0 Å². The van der Waals surface area contributed by atoms with Crippen LogP contribution in [0.4, 0.5) is 11.4 Å². The van der Waals surface area contributed by atoms with Crippen molar-refractivity contribution in [1.82, 2.24) is 0 Å². The number of hydrogen-bond acceptors (Lipinski definition) is 3. The van der Waals surface area contributed by atoms with Crippen molar-refractivity contribution in [3.8, 4) is 5.75 Å². The summed E-state index contributed by atoms with van der Waals surface area (Å²) in [7, 11) is 0. The van der Waals surface area contributed by atoms with E-state index in [-0.39, 0.29) is 0 Å². The summed E-state index contributed by atoms with van der Waals surface area (Å²) in [5.41, 5.74) is 10.4. The highest BCUT2D eigenvalue weighted by atomic mass is 16.5. The Morgan fingerprint density at radius 2 is 1.95 bits per heavy atom. The fourth-order valence-corrected chi connectivity index (χ4v) is 2.25. The molecule has 0 bridgehead atoms. The maximum Gasteiger partial charge on any atom is 0.144 e. The molecule has 0 spiro atoms. The first-order chi connectivity index (χ1) is 10.2. The highest BCUT2D eigenvalue weighted by Gasteiger charge is 2.05. The van der Waals surface area contributed by atoms with E-state index in [2.05, 4.69) is 43.4 Å². The number of anilines is 2. The topological polar surface area (TPSA) is 47.3 Å². The molecule has 0 radical (unpaired) electrons. The van der Waals surface area contributed by atoms with Gasteiger partial charge in [0, 0.05) is 6.54 Å². The Morgan fingerprint density at radius 3 is 2.71 bits per heavy atom. The molecule has 0 saturated heterocycles. The van der Waals surface area contributed by atoms with Crippen molar-refractivity contribution in [2.45, 2.75) is 26.7 Å². The summed E-state index contributed by atoms with van der Waals surface area (Å²) in [6, 6.07) is 14.4. The number of nitrogen functional groups attached to an aromatic ring is 1. The highest BCUT2D eigenvalue weighted by molar-refractivity contribution is 5.72. The van der Waals surface area contributed by atoms with Gasteiger partial charge in [0.25, 0.3) is 0 Å². The summed E-state index contributed by atoms with van der Waals surface area (Å²) < 4.78 is 5.64. The molecule has 21 heavy (non-hydrogen) atoms. The number of hydrogen-bond donors (Lipinski definition) is 2. The van der Waals surface area contributed by atoms with E-state index in [1.54, 1.807) is 0 Å². The third kappa shape index (κ3) is 4.42. The lowest BCUT2D eigenvalue weighted by Crippen LogP contribution is -2.08. The Bertz CT molecular complexity index is 581. The lowest BCUT2D eigenvalue weighted by Gasteiger charge is -2.13. The SMILES string of the molecule is CCCOc1cccc(NCCc2cccc(C)c2)c1N. The van der Waals surface area contributed by atoms with Crippen molar-refractivity contribution in [3.05, 3.63) is 53.6 Å². The van der Waals surface area contributed by atoms with E-state index in [1.165, 1.54) is 11.1 Å². The quantitative estimate of drug-likeness (QED) is 0.755. The van der Waals surface area contributed by atoms with E-state index < -0.39 is 0 Å². The number of nitrogens with two attached hydrogens (primary N) is 1. The predicted octanol–water partition coefficient (Wildman–Crippen LogP) is 4.02. The largest absolute Gasteiger partial charge is 0.491 e. The van der Waals surface area contributed by atoms with Crippen molar-refractivity contribution in [2.24, 2.45) is 0 Å². The molecule has 0 atom stereocenters. The fraction of sp³-hybridized carbons (Fsp3) is 0.333. The van der Waals surface area contributed by atoms with Crippen LogP contribution in [-0.2, 0) is 6.42 Å². The molecule has 0 aromatic heterocycles. The normalized spacial score (nSPS) is 10.4. The van der Waals surface area contributed by atoms with Gasteiger partial charge in [0.05, 0.1) is 18.0 Å². The van der Waals surface area contributed by atoms with Crippen molar-refractivity contribution in [3.63, 3.8) is 0 Å². The molecule has 2 aromatic rings. The second-order valence-corrected chi connectivity index (χ2v) is 5.23. The van der Waals surface area contributed by atoms with Gasteiger partial charge in [0.15, 0.2) is 0 Å². The van der Waals surface area contributed by atoms with Crippen LogP contribution < -0.4 is 15.8 Å². The summed E-state index contributed by atoms with van der Waals surface area (Å²) in [5.74, 6) is 0.761. The summed E-state index contributed by atoms with van der Waals surface area (Å²) in [6.07, 6.45) is 1.95. The van der Waals surface area contributed by atoms with Gasteiger partial charge >= 0.3 is 0 Å². The van der Waals surface area contributed by atoms with Crippen molar-refractivity contribution < 1.29 is 4.74 Å². The van der Waals surface area contributed by atoms with E-state index in [0.29, 0.717) is 12.3 Å². The maximum absolute atomic E-state index is 6.14. The second kappa shape index (κ2) is 7.58. The molecule has 0 aliphatic rings. The van der Waals surface area contributed by atoms with Crippen LogP contribution >= 0.6 is 0 Å². The van der Waals surface area contributed by atoms with Crippen LogP contribution in [0.25, 0.3) is 0 Å². The van der Waals surface area contributed by atoms with Gasteiger partial charge in [-0.05, 0) is 37.5 Å². The molecule has 3 heteroatoms. The van der Waals surface area contributed by atoms with Crippen LogP contribution in [0, 0.1) is 6.92 Å². The van der Waals surface area contributed by atoms with Crippen LogP contribution in [0.2, 0.25) is 0 Å². The summed E-state index contributed by atoms with van der Waals surface area (Å²) in [4.78, 5) is 0. The first-order valence-electron chi connectivity index (χ1n) is 7.51. The van der Waals surface area contributed by atoms with Gasteiger partial charge in [-0.25, -0.2) is 0 Å². The van der Waals surface area contributed by atoms with Gasteiger partial charge in [-0.2, -0.15) is 0 Å². The monoisotopic (exact) mass is 284 g/mol. The van der Waals surface area contributed by atoms with Crippen molar-refractivity contribution >= 4 is 11.4 Å². The van der Waals surface area contributed by atoms with Crippen LogP contribution in [0.5, 0.6) is 5.75 Å². The zero-order valence-corrected chi connectivity index (χ0v) is 12.9. The smallest absolute Gasteiger partial charge is 0.144 e. The molecule has 0 heterocycles. The molecule has 3 N–H and O–H groups in total. The summed E-state index contributed by atoms with van der Waals surface area (Å²) >= 11 is 0. The lowest BCUT2D eigenvalue weighted by molar-refractivity contribution is 0.319. The third-order valence-corrected chi connectivity index (χ3v) is 3.34. The molecular weight excluding hydrogens is 260 g/mol. The second-order valence-electron chi connectivity index (χ2n) is 5.23. The minimum absolute atomic E-state index is 0.690. The van der Waals surface area contributed by atoms with Gasteiger partial charge in [-0.15, -0.1) is 0 Å². The van der Waals surface area contributed by atoms with Gasteiger partial charge in [-0.1, -0.05) is 42.8 Å². The molecule has 2 aromatic carbocycles. The Kier molecular flexibility index (Phi) is 5.50. The number of rotatable bonds is 7. The average Bonchev–Trinajstić information content (AvgIpc) is 2.48. The van der Waals surface area contributed by atoms with Gasteiger partial charge < -0.3 is 15.8 Å². The third-order valence-electron chi connectivity index (χ3n) is 3.34. The number of aryl methyl sites for hydroxylation is 1. The highest BCUT2D eigenvalue weighted by Crippen LogP contribution is 2.29. The average molecular weight is 284 g/mol. The number of ether oxygens (including phenoxy) is 1. The molecule has 3 nitrogen and oxygen atoms in total. The van der Waals surface area contributed by atoms with Crippen LogP contribution in [0.1, 0.15) is 24.5 Å². The standard InChI is InChI=1S/C18H24N2O/c1-3-12-21-17-9-5-8-16(18(17)19)20-11-10-15-7-4-6-14(2)13-15/h4-9,13,20H,3,10-12,19H2,1-2H3. The zero-order chi connectivity index (χ0) is 15.1. The molecule has 0 aliphatic carbocycles. The lowest BCUT2D eigenvalue weighted by atomic mass is 10.1. The van der Waals surface area contributed by atoms with Crippen molar-refractivity contribution in [1.29, 1.82) is 0 Å². The molecule has 0 aliphatic heterocycles. The Hall–Kier alpha value is -2.16. The Labute approximate surface area is 127 Å². The summed E-state index contributed by atoms with van der Waals surface area (Å²) in [5, 5.41) is 3.39. The molecule has 0 unspecified atom stereocenters. The van der Waals surface area contributed by atoms with E-state index in [0.717, 1.165) is 30.8 Å². The molecule has 112 valence electrons.